The van der Waals surface area contributed by atoms with Crippen molar-refractivity contribution in [1.29, 1.82) is 0 Å². The van der Waals surface area contributed by atoms with E-state index in [4.69, 9.17) is 4.74 Å². The molecule has 1 N–H and O–H groups in total. The van der Waals surface area contributed by atoms with E-state index in [1.807, 2.05) is 31.2 Å². The molecule has 7 heteroatoms. The van der Waals surface area contributed by atoms with Gasteiger partial charge in [-0.25, -0.2) is 8.42 Å². The normalized spacial score (nSPS) is 12.6. The monoisotopic (exact) mass is 418 g/mol. The second-order valence-corrected chi connectivity index (χ2v) is 8.65. The quantitative estimate of drug-likeness (QED) is 0.672. The molecule has 0 aliphatic carbocycles. The molecular weight excluding hydrogens is 388 g/mol. The van der Waals surface area contributed by atoms with Crippen LogP contribution in [0.15, 0.2) is 47.4 Å². The van der Waals surface area contributed by atoms with Crippen LogP contribution in [0.4, 0.5) is 0 Å². The number of sulfonamides is 1. The lowest BCUT2D eigenvalue weighted by Crippen LogP contribution is -2.31. The van der Waals surface area contributed by atoms with Gasteiger partial charge in [0.05, 0.1) is 13.2 Å². The first-order valence-electron chi connectivity index (χ1n) is 9.86. The van der Waals surface area contributed by atoms with Gasteiger partial charge in [-0.15, -0.1) is 0 Å². The van der Waals surface area contributed by atoms with E-state index in [9.17, 15) is 13.2 Å². The minimum Gasteiger partial charge on any atom is -0.495 e. The average molecular weight is 419 g/mol. The minimum absolute atomic E-state index is 0.00342. The largest absolute Gasteiger partial charge is 0.495 e. The van der Waals surface area contributed by atoms with Gasteiger partial charge >= 0.3 is 0 Å². The summed E-state index contributed by atoms with van der Waals surface area (Å²) in [6.45, 7) is 8.21. The summed E-state index contributed by atoms with van der Waals surface area (Å²) < 4.78 is 32.5. The topological polar surface area (TPSA) is 75.7 Å². The van der Waals surface area contributed by atoms with Crippen LogP contribution in [-0.2, 0) is 16.4 Å². The number of rotatable bonds is 9. The molecule has 2 aromatic rings. The molecule has 1 atom stereocenters. The van der Waals surface area contributed by atoms with Crippen molar-refractivity contribution < 1.29 is 17.9 Å². The van der Waals surface area contributed by atoms with Gasteiger partial charge in [0, 0.05) is 18.7 Å². The Kier molecular flexibility index (Phi) is 7.81. The van der Waals surface area contributed by atoms with Gasteiger partial charge in [-0.2, -0.15) is 4.31 Å². The lowest BCUT2D eigenvalue weighted by atomic mass is 10.0. The molecule has 158 valence electrons. The molecule has 1 unspecified atom stereocenters. The molecule has 0 aliphatic heterocycles. The highest BCUT2D eigenvalue weighted by Gasteiger charge is 2.27. The first-order valence-corrected chi connectivity index (χ1v) is 11.3. The molecular formula is C22H30N2O4S. The predicted octanol–water partition coefficient (Wildman–Crippen LogP) is 3.78. The Bertz CT molecular complexity index is 936. The first kappa shape index (κ1) is 22.9. The Morgan fingerprint density at radius 1 is 1.07 bits per heavy atom. The number of nitrogens with zero attached hydrogens (tertiary/aromatic N) is 1. The van der Waals surface area contributed by atoms with Crippen LogP contribution in [0, 0.1) is 0 Å². The summed E-state index contributed by atoms with van der Waals surface area (Å²) in [4.78, 5) is 12.8. The number of aryl methyl sites for hydroxylation is 1. The number of ether oxygens (including phenoxy) is 1. The first-order chi connectivity index (χ1) is 13.8. The Labute approximate surface area is 173 Å². The molecule has 0 bridgehead atoms. The van der Waals surface area contributed by atoms with Crippen molar-refractivity contribution in [1.82, 2.24) is 9.62 Å². The third kappa shape index (κ3) is 5.16. The van der Waals surface area contributed by atoms with Crippen LogP contribution < -0.4 is 10.1 Å². The molecule has 6 nitrogen and oxygen atoms in total. The van der Waals surface area contributed by atoms with Gasteiger partial charge in [-0.3, -0.25) is 4.79 Å². The summed E-state index contributed by atoms with van der Waals surface area (Å²) in [7, 11) is -2.34. The number of carbonyl (C=O) groups excluding carboxylic acids is 1. The maximum Gasteiger partial charge on any atom is 0.251 e. The standard InChI is InChI=1S/C22H30N2O4S/c1-6-17-9-11-18(12-10-17)16(4)23-22(25)19-13-14-20(28-5)21(15-19)29(26,27)24(7-2)8-3/h9-16H,6-8H2,1-5H3,(H,23,25). The molecule has 0 heterocycles. The molecule has 0 saturated heterocycles. The molecule has 2 aromatic carbocycles. The average Bonchev–Trinajstić information content (AvgIpc) is 2.73. The van der Waals surface area contributed by atoms with Crippen LogP contribution in [-0.4, -0.2) is 38.8 Å². The van der Waals surface area contributed by atoms with Gasteiger partial charge in [0.25, 0.3) is 5.91 Å². The highest BCUT2D eigenvalue weighted by atomic mass is 32.2. The minimum atomic E-state index is -3.76. The zero-order valence-electron chi connectivity index (χ0n) is 17.7. The summed E-state index contributed by atoms with van der Waals surface area (Å²) in [6.07, 6.45) is 0.955. The van der Waals surface area contributed by atoms with Crippen LogP contribution in [0.25, 0.3) is 0 Å². The van der Waals surface area contributed by atoms with E-state index >= 15 is 0 Å². The van der Waals surface area contributed by atoms with Crippen LogP contribution in [0.2, 0.25) is 0 Å². The molecule has 0 fully saturated rings. The van der Waals surface area contributed by atoms with Crippen molar-refractivity contribution in [3.05, 3.63) is 59.2 Å². The van der Waals surface area contributed by atoms with Crippen molar-refractivity contribution in [2.45, 2.75) is 45.1 Å². The lowest BCUT2D eigenvalue weighted by molar-refractivity contribution is 0.0939. The van der Waals surface area contributed by atoms with Crippen LogP contribution >= 0.6 is 0 Å². The van der Waals surface area contributed by atoms with Gasteiger partial charge < -0.3 is 10.1 Å². The molecule has 0 aromatic heterocycles. The fraction of sp³-hybridized carbons (Fsp3) is 0.409. The van der Waals surface area contributed by atoms with Gasteiger partial charge in [0.1, 0.15) is 10.6 Å². The van der Waals surface area contributed by atoms with Crippen LogP contribution in [0.1, 0.15) is 55.2 Å². The lowest BCUT2D eigenvalue weighted by Gasteiger charge is -2.21. The molecule has 1 amide bonds. The number of amides is 1. The van der Waals surface area contributed by atoms with Crippen LogP contribution in [0.3, 0.4) is 0 Å². The highest BCUT2D eigenvalue weighted by molar-refractivity contribution is 7.89. The summed E-state index contributed by atoms with van der Waals surface area (Å²) in [6, 6.07) is 12.3. The van der Waals surface area contributed by atoms with Crippen molar-refractivity contribution in [3.8, 4) is 5.75 Å². The van der Waals surface area contributed by atoms with E-state index in [0.29, 0.717) is 13.1 Å². The van der Waals surface area contributed by atoms with E-state index in [1.165, 1.54) is 29.1 Å². The Balaban J connectivity index is 2.31. The van der Waals surface area contributed by atoms with Gasteiger partial charge in [0.15, 0.2) is 0 Å². The Morgan fingerprint density at radius 3 is 2.21 bits per heavy atom. The zero-order valence-corrected chi connectivity index (χ0v) is 18.5. The van der Waals surface area contributed by atoms with E-state index in [2.05, 4.69) is 12.2 Å². The maximum absolute atomic E-state index is 13.0. The van der Waals surface area contributed by atoms with E-state index in [-0.39, 0.29) is 28.2 Å². The molecule has 2 rings (SSSR count). The number of carbonyl (C=O) groups is 1. The van der Waals surface area contributed by atoms with Crippen LogP contribution in [0.5, 0.6) is 5.75 Å². The van der Waals surface area contributed by atoms with E-state index in [0.717, 1.165) is 12.0 Å². The van der Waals surface area contributed by atoms with Gasteiger partial charge in [0.2, 0.25) is 10.0 Å². The summed E-state index contributed by atoms with van der Waals surface area (Å²) in [5.74, 6) is -0.118. The molecule has 0 aliphatic rings. The summed E-state index contributed by atoms with van der Waals surface area (Å²) in [5.41, 5.74) is 2.49. The summed E-state index contributed by atoms with van der Waals surface area (Å²) in [5, 5.41) is 2.94. The smallest absolute Gasteiger partial charge is 0.251 e. The van der Waals surface area contributed by atoms with Gasteiger partial charge in [-0.1, -0.05) is 45.0 Å². The molecule has 0 radical (unpaired) electrons. The zero-order chi connectivity index (χ0) is 21.6. The Morgan fingerprint density at radius 2 is 1.69 bits per heavy atom. The third-order valence-electron chi connectivity index (χ3n) is 4.98. The number of benzene rings is 2. The van der Waals surface area contributed by atoms with Gasteiger partial charge in [-0.05, 0) is 42.7 Å². The fourth-order valence-corrected chi connectivity index (χ4v) is 4.77. The Hall–Kier alpha value is -2.38. The van der Waals surface area contributed by atoms with Crippen molar-refractivity contribution in [2.75, 3.05) is 20.2 Å². The molecule has 0 saturated carbocycles. The molecule has 0 spiro atoms. The maximum atomic E-state index is 13.0. The van der Waals surface area contributed by atoms with Crippen molar-refractivity contribution in [2.24, 2.45) is 0 Å². The number of hydrogen-bond acceptors (Lipinski definition) is 4. The SMILES string of the molecule is CCc1ccc(C(C)NC(=O)c2ccc(OC)c(S(=O)(=O)N(CC)CC)c2)cc1. The second-order valence-electron chi connectivity index (χ2n) is 6.75. The summed E-state index contributed by atoms with van der Waals surface area (Å²) >= 11 is 0. The van der Waals surface area contributed by atoms with E-state index < -0.39 is 10.0 Å². The predicted molar refractivity (Wildman–Crippen MR) is 115 cm³/mol. The fourth-order valence-electron chi connectivity index (χ4n) is 3.13. The molecule has 29 heavy (non-hydrogen) atoms. The van der Waals surface area contributed by atoms with Crippen molar-refractivity contribution >= 4 is 15.9 Å². The van der Waals surface area contributed by atoms with Crippen molar-refractivity contribution in [3.63, 3.8) is 0 Å². The number of methoxy groups -OCH3 is 1. The number of hydrogen-bond donors (Lipinski definition) is 1. The highest BCUT2D eigenvalue weighted by Crippen LogP contribution is 2.28. The second kappa shape index (κ2) is 9.89. The van der Waals surface area contributed by atoms with E-state index in [1.54, 1.807) is 19.9 Å². The third-order valence-corrected chi connectivity index (χ3v) is 7.06. The number of nitrogens with one attached hydrogen (secondary N) is 1.